The summed E-state index contributed by atoms with van der Waals surface area (Å²) in [5, 5.41) is 0.671. The first kappa shape index (κ1) is 21.4. The quantitative estimate of drug-likeness (QED) is 0.515. The minimum atomic E-state index is -0.431. The summed E-state index contributed by atoms with van der Waals surface area (Å²) >= 11 is 7.77. The Bertz CT molecular complexity index is 1080. The van der Waals surface area contributed by atoms with Gasteiger partial charge in [-0.15, -0.1) is 0 Å². The highest BCUT2D eigenvalue weighted by Crippen LogP contribution is 2.30. The molecule has 0 spiro atoms. The molecule has 0 bridgehead atoms. The monoisotopic (exact) mass is 434 g/mol. The molecule has 3 rings (SSSR count). The highest BCUT2D eigenvalue weighted by Gasteiger charge is 2.19. The fraction of sp³-hybridized carbons (Fsp3) is 0.333. The van der Waals surface area contributed by atoms with Gasteiger partial charge in [0.25, 0.3) is 5.91 Å². The minimum absolute atomic E-state index is 0.293. The number of ether oxygens (including phenoxy) is 3. The molecule has 0 aliphatic rings. The predicted octanol–water partition coefficient (Wildman–Crippen LogP) is 4.46. The summed E-state index contributed by atoms with van der Waals surface area (Å²) in [6.45, 7) is 5.59. The molecule has 29 heavy (non-hydrogen) atoms. The molecule has 1 amide bonds. The second kappa shape index (κ2) is 9.43. The van der Waals surface area contributed by atoms with E-state index in [1.54, 1.807) is 18.2 Å². The Labute approximate surface area is 178 Å². The third kappa shape index (κ3) is 4.32. The number of halogens is 1. The Morgan fingerprint density at radius 3 is 2.48 bits per heavy atom. The average molecular weight is 435 g/mol. The van der Waals surface area contributed by atoms with E-state index in [9.17, 15) is 4.79 Å². The largest absolute Gasteiger partial charge is 0.496 e. The van der Waals surface area contributed by atoms with Gasteiger partial charge in [-0.05, 0) is 43.7 Å². The molecule has 0 saturated carbocycles. The van der Waals surface area contributed by atoms with Crippen molar-refractivity contribution in [2.75, 3.05) is 27.4 Å². The molecular weight excluding hydrogens is 412 g/mol. The number of hydrogen-bond donors (Lipinski definition) is 0. The summed E-state index contributed by atoms with van der Waals surface area (Å²) < 4.78 is 19.2. The first-order valence-electron chi connectivity index (χ1n) is 9.18. The molecule has 1 aromatic heterocycles. The van der Waals surface area contributed by atoms with Crippen LogP contribution in [0.15, 0.2) is 35.3 Å². The first-order chi connectivity index (χ1) is 14.0. The Kier molecular flexibility index (Phi) is 6.95. The highest BCUT2D eigenvalue weighted by molar-refractivity contribution is 7.16. The van der Waals surface area contributed by atoms with E-state index in [0.717, 1.165) is 15.8 Å². The minimum Gasteiger partial charge on any atom is -0.496 e. The highest BCUT2D eigenvalue weighted by atomic mass is 35.5. The van der Waals surface area contributed by atoms with Gasteiger partial charge in [0.05, 0.1) is 31.0 Å². The summed E-state index contributed by atoms with van der Waals surface area (Å²) in [6.07, 6.45) is 0. The van der Waals surface area contributed by atoms with Gasteiger partial charge >= 0.3 is 0 Å². The van der Waals surface area contributed by atoms with Crippen LogP contribution in [0.1, 0.15) is 22.8 Å². The van der Waals surface area contributed by atoms with Crippen LogP contribution in [0, 0.1) is 6.92 Å². The van der Waals surface area contributed by atoms with E-state index in [-0.39, 0.29) is 0 Å². The topological polar surface area (TPSA) is 62.1 Å². The lowest BCUT2D eigenvalue weighted by Crippen LogP contribution is -2.20. The zero-order valence-electron chi connectivity index (χ0n) is 16.8. The fourth-order valence-corrected chi connectivity index (χ4v) is 4.38. The summed E-state index contributed by atoms with van der Waals surface area (Å²) in [5.74, 6) is 0.401. The van der Waals surface area contributed by atoms with Crippen molar-refractivity contribution in [2.45, 2.75) is 20.4 Å². The third-order valence-electron chi connectivity index (χ3n) is 4.53. The lowest BCUT2D eigenvalue weighted by molar-refractivity contribution is 0.0990. The van der Waals surface area contributed by atoms with Crippen LogP contribution in [0.2, 0.25) is 5.02 Å². The predicted molar refractivity (Wildman–Crippen MR) is 115 cm³/mol. The zero-order chi connectivity index (χ0) is 21.0. The number of aryl methyl sites for hydroxylation is 1. The van der Waals surface area contributed by atoms with Crippen molar-refractivity contribution >= 4 is 39.1 Å². The molecule has 0 N–H and O–H groups in total. The van der Waals surface area contributed by atoms with Gasteiger partial charge in [-0.25, -0.2) is 0 Å². The number of carbonyl (C=O) groups excluding carboxylic acids is 1. The van der Waals surface area contributed by atoms with Gasteiger partial charge in [0.15, 0.2) is 4.80 Å². The van der Waals surface area contributed by atoms with Crippen molar-refractivity contribution in [1.29, 1.82) is 0 Å². The molecule has 0 unspecified atom stereocenters. The standard InChI is InChI=1S/C21H23ClN2O4S/c1-5-28-12-11-24-19-13(2)14(22)9-10-17(19)29-21(24)23-20(25)18-15(26-3)7-6-8-16(18)27-4/h6-10H,5,11-12H2,1-4H3. The maximum absolute atomic E-state index is 13.1. The van der Waals surface area contributed by atoms with Gasteiger partial charge in [-0.1, -0.05) is 29.0 Å². The van der Waals surface area contributed by atoms with Crippen LogP contribution in [0.5, 0.6) is 11.5 Å². The van der Waals surface area contributed by atoms with Gasteiger partial charge in [-0.2, -0.15) is 4.99 Å². The third-order valence-corrected chi connectivity index (χ3v) is 5.99. The maximum Gasteiger partial charge on any atom is 0.287 e. The average Bonchev–Trinajstić information content (AvgIpc) is 3.07. The van der Waals surface area contributed by atoms with Crippen molar-refractivity contribution in [3.05, 3.63) is 51.3 Å². The van der Waals surface area contributed by atoms with E-state index in [4.69, 9.17) is 25.8 Å². The smallest absolute Gasteiger partial charge is 0.287 e. The molecule has 6 nitrogen and oxygen atoms in total. The molecule has 3 aromatic rings. The van der Waals surface area contributed by atoms with Gasteiger partial charge < -0.3 is 18.8 Å². The molecule has 0 atom stereocenters. The summed E-state index contributed by atoms with van der Waals surface area (Å²) in [6, 6.07) is 8.99. The number of nitrogens with zero attached hydrogens (tertiary/aromatic N) is 2. The lowest BCUT2D eigenvalue weighted by Gasteiger charge is -2.10. The van der Waals surface area contributed by atoms with Crippen LogP contribution in [0.4, 0.5) is 0 Å². The summed E-state index contributed by atoms with van der Waals surface area (Å²) in [4.78, 5) is 18.1. The van der Waals surface area contributed by atoms with Crippen LogP contribution in [0.25, 0.3) is 10.2 Å². The summed E-state index contributed by atoms with van der Waals surface area (Å²) in [7, 11) is 3.03. The Balaban J connectivity index is 2.19. The number of methoxy groups -OCH3 is 2. The second-order valence-corrected chi connectivity index (χ2v) is 7.62. The van der Waals surface area contributed by atoms with Crippen LogP contribution >= 0.6 is 22.9 Å². The Morgan fingerprint density at radius 1 is 1.17 bits per heavy atom. The molecule has 2 aromatic carbocycles. The van der Waals surface area contributed by atoms with E-state index in [2.05, 4.69) is 4.99 Å². The van der Waals surface area contributed by atoms with Crippen LogP contribution in [0.3, 0.4) is 0 Å². The maximum atomic E-state index is 13.1. The van der Waals surface area contributed by atoms with Crippen LogP contribution < -0.4 is 14.3 Å². The van der Waals surface area contributed by atoms with Crippen molar-refractivity contribution in [3.8, 4) is 11.5 Å². The van der Waals surface area contributed by atoms with Gasteiger partial charge in [0.1, 0.15) is 17.1 Å². The molecule has 0 aliphatic heterocycles. The van der Waals surface area contributed by atoms with Gasteiger partial charge in [0.2, 0.25) is 0 Å². The molecule has 1 heterocycles. The van der Waals surface area contributed by atoms with Crippen molar-refractivity contribution < 1.29 is 19.0 Å². The van der Waals surface area contributed by atoms with E-state index in [0.29, 0.717) is 46.6 Å². The number of amides is 1. The number of fused-ring (bicyclic) bond motifs is 1. The zero-order valence-corrected chi connectivity index (χ0v) is 18.4. The Morgan fingerprint density at radius 2 is 1.86 bits per heavy atom. The molecular formula is C21H23ClN2O4S. The SMILES string of the molecule is CCOCCn1c(=NC(=O)c2c(OC)cccc2OC)sc2ccc(Cl)c(C)c21. The molecule has 0 aliphatic carbocycles. The van der Waals surface area contributed by atoms with Gasteiger partial charge in [0, 0.05) is 18.2 Å². The van der Waals surface area contributed by atoms with Crippen molar-refractivity contribution in [3.63, 3.8) is 0 Å². The van der Waals surface area contributed by atoms with E-state index in [1.165, 1.54) is 25.6 Å². The van der Waals surface area contributed by atoms with Crippen molar-refractivity contribution in [2.24, 2.45) is 4.99 Å². The normalized spacial score (nSPS) is 11.8. The second-order valence-electron chi connectivity index (χ2n) is 6.21. The lowest BCUT2D eigenvalue weighted by atomic mass is 10.1. The Hall–Kier alpha value is -2.35. The molecule has 0 saturated heterocycles. The van der Waals surface area contributed by atoms with E-state index in [1.807, 2.05) is 30.5 Å². The molecule has 8 heteroatoms. The number of rotatable bonds is 7. The summed E-state index contributed by atoms with van der Waals surface area (Å²) in [5.41, 5.74) is 2.20. The van der Waals surface area contributed by atoms with Crippen molar-refractivity contribution in [1.82, 2.24) is 4.57 Å². The van der Waals surface area contributed by atoms with Crippen LogP contribution in [-0.4, -0.2) is 37.9 Å². The molecule has 154 valence electrons. The molecule has 0 radical (unpaired) electrons. The number of benzene rings is 2. The number of aromatic nitrogens is 1. The number of hydrogen-bond acceptors (Lipinski definition) is 5. The van der Waals surface area contributed by atoms with Gasteiger partial charge in [-0.3, -0.25) is 4.79 Å². The number of carbonyl (C=O) groups is 1. The van der Waals surface area contributed by atoms with E-state index >= 15 is 0 Å². The van der Waals surface area contributed by atoms with E-state index < -0.39 is 5.91 Å². The fourth-order valence-electron chi connectivity index (χ4n) is 3.11. The van der Waals surface area contributed by atoms with Crippen LogP contribution in [-0.2, 0) is 11.3 Å². The molecule has 0 fully saturated rings. The number of thiazole rings is 1. The first-order valence-corrected chi connectivity index (χ1v) is 10.4.